The number of nitro groups is 1. The Morgan fingerprint density at radius 1 is 1.44 bits per heavy atom. The molecule has 0 amide bonds. The third-order valence-corrected chi connectivity index (χ3v) is 3.13. The lowest BCUT2D eigenvalue weighted by Gasteiger charge is -2.05. The van der Waals surface area contributed by atoms with Gasteiger partial charge in [-0.15, -0.1) is 12.3 Å². The summed E-state index contributed by atoms with van der Waals surface area (Å²) in [6.07, 6.45) is 7.97. The first-order valence-corrected chi connectivity index (χ1v) is 6.51. The predicted molar refractivity (Wildman–Crippen MR) is 75.2 cm³/mol. The van der Waals surface area contributed by atoms with E-state index in [1.807, 2.05) is 6.07 Å². The Kier molecular flexibility index (Phi) is 6.40. The summed E-state index contributed by atoms with van der Waals surface area (Å²) in [5.74, 6) is 2.59. The fourth-order valence-corrected chi connectivity index (χ4v) is 1.91. The quantitative estimate of drug-likeness (QED) is 0.364. The molecule has 0 aliphatic rings. The Labute approximate surface area is 115 Å². The molecule has 0 aliphatic heterocycles. The smallest absolute Gasteiger partial charge is 0.283 e. The molecule has 0 aliphatic carbocycles. The standard InChI is InChI=1S/C13H15BrN2O2/c1-2-3-4-5-8-15-10-11-6-7-12(14)13(9-11)16(17)18/h1,6-7,9,15H,3-5,8,10H2. The van der Waals surface area contributed by atoms with E-state index in [2.05, 4.69) is 27.2 Å². The van der Waals surface area contributed by atoms with Crippen molar-refractivity contribution in [3.05, 3.63) is 38.3 Å². The van der Waals surface area contributed by atoms with Gasteiger partial charge < -0.3 is 5.32 Å². The van der Waals surface area contributed by atoms with Gasteiger partial charge in [-0.2, -0.15) is 0 Å². The molecular weight excluding hydrogens is 296 g/mol. The first-order chi connectivity index (χ1) is 8.65. The summed E-state index contributed by atoms with van der Waals surface area (Å²) in [6, 6.07) is 5.15. The first-order valence-electron chi connectivity index (χ1n) is 5.72. The highest BCUT2D eigenvalue weighted by Crippen LogP contribution is 2.25. The molecule has 0 saturated carbocycles. The number of halogens is 1. The van der Waals surface area contributed by atoms with Gasteiger partial charge in [0, 0.05) is 19.0 Å². The summed E-state index contributed by atoms with van der Waals surface area (Å²) >= 11 is 3.16. The van der Waals surface area contributed by atoms with Crippen LogP contribution in [0.15, 0.2) is 22.7 Å². The maximum absolute atomic E-state index is 10.8. The maximum Gasteiger partial charge on any atom is 0.283 e. The topological polar surface area (TPSA) is 55.2 Å². The van der Waals surface area contributed by atoms with E-state index in [1.54, 1.807) is 12.1 Å². The summed E-state index contributed by atoms with van der Waals surface area (Å²) in [7, 11) is 0. The van der Waals surface area contributed by atoms with Crippen molar-refractivity contribution in [3.8, 4) is 12.3 Å². The predicted octanol–water partition coefficient (Wildman–Crippen LogP) is 3.25. The lowest BCUT2D eigenvalue weighted by Crippen LogP contribution is -2.14. The minimum atomic E-state index is -0.388. The molecule has 0 heterocycles. The lowest BCUT2D eigenvalue weighted by molar-refractivity contribution is -0.385. The summed E-state index contributed by atoms with van der Waals surface area (Å²) in [4.78, 5) is 10.4. The molecule has 0 bridgehead atoms. The van der Waals surface area contributed by atoms with E-state index in [0.717, 1.165) is 31.4 Å². The number of terminal acetylenes is 1. The number of nitrogens with one attached hydrogen (secondary N) is 1. The van der Waals surface area contributed by atoms with Crippen molar-refractivity contribution in [1.82, 2.24) is 5.32 Å². The van der Waals surface area contributed by atoms with Crippen LogP contribution in [-0.4, -0.2) is 11.5 Å². The minimum absolute atomic E-state index is 0.0987. The normalized spacial score (nSPS) is 10.0. The van der Waals surface area contributed by atoms with Gasteiger partial charge in [0.25, 0.3) is 5.69 Å². The Bertz CT molecular complexity index is 455. The molecule has 0 unspecified atom stereocenters. The lowest BCUT2D eigenvalue weighted by atomic mass is 10.2. The first kappa shape index (κ1) is 14.7. The molecule has 0 saturated heterocycles. The van der Waals surface area contributed by atoms with Gasteiger partial charge in [-0.25, -0.2) is 0 Å². The van der Waals surface area contributed by atoms with Gasteiger partial charge in [-0.3, -0.25) is 10.1 Å². The van der Waals surface area contributed by atoms with Crippen LogP contribution in [0.4, 0.5) is 5.69 Å². The van der Waals surface area contributed by atoms with E-state index in [4.69, 9.17) is 6.42 Å². The third kappa shape index (κ3) is 4.86. The highest BCUT2D eigenvalue weighted by atomic mass is 79.9. The summed E-state index contributed by atoms with van der Waals surface area (Å²) in [6.45, 7) is 1.50. The largest absolute Gasteiger partial charge is 0.313 e. The van der Waals surface area contributed by atoms with Crippen LogP contribution in [0.25, 0.3) is 0 Å². The highest BCUT2D eigenvalue weighted by molar-refractivity contribution is 9.10. The van der Waals surface area contributed by atoms with E-state index >= 15 is 0 Å². The fourth-order valence-electron chi connectivity index (χ4n) is 1.52. The van der Waals surface area contributed by atoms with Gasteiger partial charge >= 0.3 is 0 Å². The van der Waals surface area contributed by atoms with Crippen molar-refractivity contribution < 1.29 is 4.92 Å². The van der Waals surface area contributed by atoms with Crippen LogP contribution in [0.2, 0.25) is 0 Å². The fraction of sp³-hybridized carbons (Fsp3) is 0.385. The zero-order valence-electron chi connectivity index (χ0n) is 9.99. The number of rotatable bonds is 7. The molecule has 0 spiro atoms. The van der Waals surface area contributed by atoms with Gasteiger partial charge in [0.2, 0.25) is 0 Å². The summed E-state index contributed by atoms with van der Waals surface area (Å²) in [5, 5.41) is 14.0. The van der Waals surface area contributed by atoms with Crippen molar-refractivity contribution in [2.45, 2.75) is 25.8 Å². The molecule has 1 rings (SSSR count). The SMILES string of the molecule is C#CCCCCNCc1ccc(Br)c([N+](=O)[O-])c1. The summed E-state index contributed by atoms with van der Waals surface area (Å²) < 4.78 is 0.505. The number of unbranched alkanes of at least 4 members (excludes halogenated alkanes) is 2. The van der Waals surface area contributed by atoms with Crippen molar-refractivity contribution >= 4 is 21.6 Å². The second kappa shape index (κ2) is 7.85. The van der Waals surface area contributed by atoms with Gasteiger partial charge in [-0.1, -0.05) is 6.07 Å². The van der Waals surface area contributed by atoms with Crippen LogP contribution in [0.5, 0.6) is 0 Å². The monoisotopic (exact) mass is 310 g/mol. The van der Waals surface area contributed by atoms with Crippen LogP contribution in [-0.2, 0) is 6.54 Å². The molecule has 1 aromatic carbocycles. The molecule has 1 aromatic rings. The van der Waals surface area contributed by atoms with Crippen LogP contribution in [0.3, 0.4) is 0 Å². The van der Waals surface area contributed by atoms with Gasteiger partial charge in [0.05, 0.1) is 9.40 Å². The van der Waals surface area contributed by atoms with Gasteiger partial charge in [0.15, 0.2) is 0 Å². The third-order valence-electron chi connectivity index (χ3n) is 2.46. The van der Waals surface area contributed by atoms with Crippen molar-refractivity contribution in [2.75, 3.05) is 6.54 Å². The molecule has 0 aromatic heterocycles. The molecule has 4 nitrogen and oxygen atoms in total. The van der Waals surface area contributed by atoms with Crippen molar-refractivity contribution in [1.29, 1.82) is 0 Å². The van der Waals surface area contributed by atoms with Crippen molar-refractivity contribution in [3.63, 3.8) is 0 Å². The molecule has 0 fully saturated rings. The Hall–Kier alpha value is -1.38. The van der Waals surface area contributed by atoms with E-state index in [9.17, 15) is 10.1 Å². The number of hydrogen-bond donors (Lipinski definition) is 1. The second-order valence-corrected chi connectivity index (χ2v) is 4.74. The average Bonchev–Trinajstić information content (AvgIpc) is 2.35. The van der Waals surface area contributed by atoms with Crippen LogP contribution >= 0.6 is 15.9 Å². The number of benzene rings is 1. The summed E-state index contributed by atoms with van der Waals surface area (Å²) in [5.41, 5.74) is 1.00. The van der Waals surface area contributed by atoms with E-state index < -0.39 is 0 Å². The maximum atomic E-state index is 10.8. The van der Waals surface area contributed by atoms with E-state index in [0.29, 0.717) is 11.0 Å². The van der Waals surface area contributed by atoms with E-state index in [-0.39, 0.29) is 10.6 Å². The number of nitrogens with zero attached hydrogens (tertiary/aromatic N) is 1. The van der Waals surface area contributed by atoms with Crippen molar-refractivity contribution in [2.24, 2.45) is 0 Å². The number of nitro benzene ring substituents is 1. The van der Waals surface area contributed by atoms with Gasteiger partial charge in [-0.05, 0) is 46.9 Å². The van der Waals surface area contributed by atoms with E-state index in [1.165, 1.54) is 0 Å². The molecule has 18 heavy (non-hydrogen) atoms. The molecule has 96 valence electrons. The van der Waals surface area contributed by atoms with Gasteiger partial charge in [0.1, 0.15) is 0 Å². The molecule has 0 atom stereocenters. The minimum Gasteiger partial charge on any atom is -0.313 e. The molecule has 5 heteroatoms. The van der Waals surface area contributed by atoms with Crippen LogP contribution < -0.4 is 5.32 Å². The average molecular weight is 311 g/mol. The Balaban J connectivity index is 2.41. The number of hydrogen-bond acceptors (Lipinski definition) is 3. The highest BCUT2D eigenvalue weighted by Gasteiger charge is 2.11. The Morgan fingerprint density at radius 3 is 2.89 bits per heavy atom. The molecule has 0 radical (unpaired) electrons. The zero-order valence-corrected chi connectivity index (χ0v) is 11.6. The van der Waals surface area contributed by atoms with Crippen LogP contribution in [0, 0.1) is 22.5 Å². The van der Waals surface area contributed by atoms with Crippen LogP contribution in [0.1, 0.15) is 24.8 Å². The second-order valence-electron chi connectivity index (χ2n) is 3.88. The zero-order chi connectivity index (χ0) is 13.4. The Morgan fingerprint density at radius 2 is 2.22 bits per heavy atom. The molecular formula is C13H15BrN2O2. The molecule has 1 N–H and O–H groups in total.